The van der Waals surface area contributed by atoms with Crippen molar-refractivity contribution in [2.45, 2.75) is 53.0 Å². The molecule has 0 aromatic carbocycles. The molecule has 0 aliphatic heterocycles. The zero-order valence-corrected chi connectivity index (χ0v) is 12.7. The minimum atomic E-state index is -0.633. The van der Waals surface area contributed by atoms with Gasteiger partial charge in [0.2, 0.25) is 0 Å². The number of carboxylic acids is 1. The first-order chi connectivity index (χ1) is 9.52. The van der Waals surface area contributed by atoms with Crippen molar-refractivity contribution in [3.05, 3.63) is 18.2 Å². The van der Waals surface area contributed by atoms with Gasteiger partial charge in [0, 0.05) is 25.4 Å². The van der Waals surface area contributed by atoms with Gasteiger partial charge >= 0.3 is 5.97 Å². The van der Waals surface area contributed by atoms with Gasteiger partial charge in [-0.2, -0.15) is 0 Å². The van der Waals surface area contributed by atoms with E-state index in [0.29, 0.717) is 11.8 Å². The quantitative estimate of drug-likeness (QED) is 0.899. The summed E-state index contributed by atoms with van der Waals surface area (Å²) in [6.45, 7) is 7.48. The second-order valence-corrected chi connectivity index (χ2v) is 6.36. The SMILES string of the molecule is CCn1ccnc1CC1CC(C(C)C)CCC1C(=O)O. The predicted molar refractivity (Wildman–Crippen MR) is 78.4 cm³/mol. The van der Waals surface area contributed by atoms with Gasteiger partial charge in [-0.05, 0) is 43.9 Å². The number of carboxylic acid groups (broad SMARTS) is 1. The third-order valence-corrected chi connectivity index (χ3v) is 4.87. The fraction of sp³-hybridized carbons (Fsp3) is 0.750. The van der Waals surface area contributed by atoms with Crippen molar-refractivity contribution in [2.24, 2.45) is 23.7 Å². The molecule has 0 radical (unpaired) electrons. The molecule has 3 unspecified atom stereocenters. The molecule has 3 atom stereocenters. The van der Waals surface area contributed by atoms with E-state index in [1.807, 2.05) is 12.4 Å². The lowest BCUT2D eigenvalue weighted by molar-refractivity contribution is -0.145. The average Bonchev–Trinajstić information content (AvgIpc) is 2.85. The van der Waals surface area contributed by atoms with Gasteiger partial charge in [-0.15, -0.1) is 0 Å². The highest BCUT2D eigenvalue weighted by molar-refractivity contribution is 5.70. The van der Waals surface area contributed by atoms with Crippen LogP contribution in [0.15, 0.2) is 12.4 Å². The van der Waals surface area contributed by atoms with Crippen LogP contribution in [0.2, 0.25) is 0 Å². The van der Waals surface area contributed by atoms with Crippen LogP contribution in [0, 0.1) is 23.7 Å². The molecule has 20 heavy (non-hydrogen) atoms. The summed E-state index contributed by atoms with van der Waals surface area (Å²) in [6.07, 6.45) is 7.47. The van der Waals surface area contributed by atoms with E-state index in [2.05, 4.69) is 30.3 Å². The van der Waals surface area contributed by atoms with Crippen LogP contribution in [0.1, 0.15) is 45.9 Å². The molecule has 1 aliphatic carbocycles. The lowest BCUT2D eigenvalue weighted by Crippen LogP contribution is -2.34. The third-order valence-electron chi connectivity index (χ3n) is 4.87. The molecule has 0 bridgehead atoms. The highest BCUT2D eigenvalue weighted by Gasteiger charge is 2.36. The number of aryl methyl sites for hydroxylation is 1. The zero-order valence-electron chi connectivity index (χ0n) is 12.7. The van der Waals surface area contributed by atoms with Gasteiger partial charge in [-0.25, -0.2) is 4.98 Å². The summed E-state index contributed by atoms with van der Waals surface area (Å²) < 4.78 is 2.12. The maximum atomic E-state index is 11.5. The van der Waals surface area contributed by atoms with Crippen LogP contribution in [0.4, 0.5) is 0 Å². The van der Waals surface area contributed by atoms with Gasteiger partial charge < -0.3 is 9.67 Å². The van der Waals surface area contributed by atoms with E-state index in [9.17, 15) is 9.90 Å². The molecular weight excluding hydrogens is 252 g/mol. The van der Waals surface area contributed by atoms with Crippen LogP contribution in [-0.4, -0.2) is 20.6 Å². The molecule has 1 aromatic heterocycles. The first-order valence-corrected chi connectivity index (χ1v) is 7.75. The number of hydrogen-bond donors (Lipinski definition) is 1. The highest BCUT2D eigenvalue weighted by atomic mass is 16.4. The molecule has 0 amide bonds. The number of aliphatic carboxylic acids is 1. The Morgan fingerprint density at radius 2 is 2.25 bits per heavy atom. The standard InChI is InChI=1S/C16H26N2O2/c1-4-18-8-7-17-15(18)10-13-9-12(11(2)3)5-6-14(13)16(19)20/h7-8,11-14H,4-6,9-10H2,1-3H3,(H,19,20). The monoisotopic (exact) mass is 278 g/mol. The van der Waals surface area contributed by atoms with Gasteiger partial charge in [0.05, 0.1) is 5.92 Å². The number of nitrogens with zero attached hydrogens (tertiary/aromatic N) is 2. The highest BCUT2D eigenvalue weighted by Crippen LogP contribution is 2.39. The Hall–Kier alpha value is -1.32. The molecule has 1 aromatic rings. The van der Waals surface area contributed by atoms with Gasteiger partial charge in [-0.3, -0.25) is 4.79 Å². The van der Waals surface area contributed by atoms with Crippen LogP contribution in [0.25, 0.3) is 0 Å². The van der Waals surface area contributed by atoms with Crippen molar-refractivity contribution >= 4 is 5.97 Å². The summed E-state index contributed by atoms with van der Waals surface area (Å²) in [5, 5.41) is 9.46. The summed E-state index contributed by atoms with van der Waals surface area (Å²) in [6, 6.07) is 0. The number of aromatic nitrogens is 2. The molecule has 1 saturated carbocycles. The maximum Gasteiger partial charge on any atom is 0.306 e. The van der Waals surface area contributed by atoms with Gasteiger partial charge in [0.25, 0.3) is 0 Å². The minimum absolute atomic E-state index is 0.202. The summed E-state index contributed by atoms with van der Waals surface area (Å²) in [7, 11) is 0. The first-order valence-electron chi connectivity index (χ1n) is 7.75. The number of hydrogen-bond acceptors (Lipinski definition) is 2. The van der Waals surface area contributed by atoms with Crippen LogP contribution in [-0.2, 0) is 17.8 Å². The third kappa shape index (κ3) is 3.22. The Morgan fingerprint density at radius 1 is 1.50 bits per heavy atom. The zero-order chi connectivity index (χ0) is 14.7. The second kappa shape index (κ2) is 6.42. The lowest BCUT2D eigenvalue weighted by atomic mass is 9.69. The van der Waals surface area contributed by atoms with E-state index in [-0.39, 0.29) is 11.8 Å². The van der Waals surface area contributed by atoms with Crippen molar-refractivity contribution in [1.29, 1.82) is 0 Å². The normalized spacial score (nSPS) is 26.9. The van der Waals surface area contributed by atoms with E-state index >= 15 is 0 Å². The molecule has 4 nitrogen and oxygen atoms in total. The molecule has 1 fully saturated rings. The van der Waals surface area contributed by atoms with Gasteiger partial charge in [0.1, 0.15) is 5.82 Å². The first kappa shape index (κ1) is 15.1. The molecule has 4 heteroatoms. The Kier molecular flexibility index (Phi) is 4.84. The number of imidazole rings is 1. The summed E-state index contributed by atoms with van der Waals surface area (Å²) in [5.74, 6) is 1.71. The van der Waals surface area contributed by atoms with Crippen LogP contribution < -0.4 is 0 Å². The second-order valence-electron chi connectivity index (χ2n) is 6.36. The molecule has 2 rings (SSSR count). The van der Waals surface area contributed by atoms with E-state index in [1.54, 1.807) is 0 Å². The van der Waals surface area contributed by atoms with Crippen LogP contribution in [0.3, 0.4) is 0 Å². The number of carbonyl (C=O) groups is 1. The Balaban J connectivity index is 2.13. The minimum Gasteiger partial charge on any atom is -0.481 e. The molecule has 112 valence electrons. The van der Waals surface area contributed by atoms with Crippen molar-refractivity contribution in [3.8, 4) is 0 Å². The van der Waals surface area contributed by atoms with Gasteiger partial charge in [-0.1, -0.05) is 13.8 Å². The lowest BCUT2D eigenvalue weighted by Gasteiger charge is -2.35. The molecular formula is C16H26N2O2. The summed E-state index contributed by atoms with van der Waals surface area (Å²) in [4.78, 5) is 15.9. The number of rotatable bonds is 5. The van der Waals surface area contributed by atoms with E-state index in [1.165, 1.54) is 0 Å². The Labute approximate surface area is 121 Å². The van der Waals surface area contributed by atoms with Crippen LogP contribution >= 0.6 is 0 Å². The maximum absolute atomic E-state index is 11.5. The Bertz CT molecular complexity index is 453. The van der Waals surface area contributed by atoms with Gasteiger partial charge in [0.15, 0.2) is 0 Å². The topological polar surface area (TPSA) is 55.1 Å². The summed E-state index contributed by atoms with van der Waals surface area (Å²) in [5.41, 5.74) is 0. The van der Waals surface area contributed by atoms with E-state index < -0.39 is 5.97 Å². The van der Waals surface area contributed by atoms with Crippen molar-refractivity contribution < 1.29 is 9.90 Å². The summed E-state index contributed by atoms with van der Waals surface area (Å²) >= 11 is 0. The van der Waals surface area contributed by atoms with Crippen molar-refractivity contribution in [1.82, 2.24) is 9.55 Å². The average molecular weight is 278 g/mol. The smallest absolute Gasteiger partial charge is 0.306 e. The molecule has 1 aliphatic rings. The fourth-order valence-corrected chi connectivity index (χ4v) is 3.51. The van der Waals surface area contributed by atoms with E-state index in [0.717, 1.165) is 38.1 Å². The van der Waals surface area contributed by atoms with Crippen LogP contribution in [0.5, 0.6) is 0 Å². The van der Waals surface area contributed by atoms with Crippen molar-refractivity contribution in [3.63, 3.8) is 0 Å². The molecule has 1 N–H and O–H groups in total. The fourth-order valence-electron chi connectivity index (χ4n) is 3.51. The predicted octanol–water partition coefficient (Wildman–Crippen LogP) is 3.22. The van der Waals surface area contributed by atoms with E-state index in [4.69, 9.17) is 0 Å². The van der Waals surface area contributed by atoms with Crippen molar-refractivity contribution in [2.75, 3.05) is 0 Å². The largest absolute Gasteiger partial charge is 0.481 e. The molecule has 0 spiro atoms. The Morgan fingerprint density at radius 3 is 2.85 bits per heavy atom. The molecule has 0 saturated heterocycles. The molecule has 1 heterocycles.